The Labute approximate surface area is 104 Å². The minimum atomic E-state index is -0.655. The molecule has 2 fully saturated rings. The molecule has 0 atom stereocenters. The second kappa shape index (κ2) is 5.85. The highest BCUT2D eigenvalue weighted by Gasteiger charge is 2.35. The molecular weight excluding hydrogens is 214 g/mol. The fraction of sp³-hybridized carbons (Fsp3) is 0.929. The summed E-state index contributed by atoms with van der Waals surface area (Å²) in [7, 11) is 0. The summed E-state index contributed by atoms with van der Waals surface area (Å²) in [6.07, 6.45) is 9.45. The first-order valence-electron chi connectivity index (χ1n) is 7.18. The number of carbonyl (C=O) groups is 1. The predicted octanol–water partition coefficient (Wildman–Crippen LogP) is 2.89. The third kappa shape index (κ3) is 3.70. The van der Waals surface area contributed by atoms with E-state index in [0.29, 0.717) is 18.5 Å². The van der Waals surface area contributed by atoms with Gasteiger partial charge in [0.1, 0.15) is 0 Å². The summed E-state index contributed by atoms with van der Waals surface area (Å²) in [5.41, 5.74) is 0. The Balaban J connectivity index is 1.82. The maximum absolute atomic E-state index is 10.7. The van der Waals surface area contributed by atoms with Gasteiger partial charge in [0.25, 0.3) is 0 Å². The van der Waals surface area contributed by atoms with E-state index in [1.807, 2.05) is 0 Å². The van der Waals surface area contributed by atoms with Gasteiger partial charge in [0, 0.05) is 18.6 Å². The van der Waals surface area contributed by atoms with Crippen molar-refractivity contribution in [2.24, 2.45) is 5.92 Å². The second-order valence-electron chi connectivity index (χ2n) is 5.70. The standard InChI is InChI=1S/C14H25NO2/c1-2-11-3-5-12(6-4-11)15(13-7-8-13)10-9-14(16)17/h11-13H,2-10H2,1H3,(H,16,17). The van der Waals surface area contributed by atoms with Crippen LogP contribution < -0.4 is 0 Å². The summed E-state index contributed by atoms with van der Waals surface area (Å²) >= 11 is 0. The molecule has 0 unspecified atom stereocenters. The highest BCUT2D eigenvalue weighted by Crippen LogP contribution is 2.36. The van der Waals surface area contributed by atoms with E-state index >= 15 is 0 Å². The van der Waals surface area contributed by atoms with Crippen molar-refractivity contribution in [3.8, 4) is 0 Å². The molecule has 2 saturated carbocycles. The molecular formula is C14H25NO2. The van der Waals surface area contributed by atoms with Gasteiger partial charge in [-0.15, -0.1) is 0 Å². The molecule has 1 N–H and O–H groups in total. The molecule has 0 aromatic heterocycles. The van der Waals surface area contributed by atoms with E-state index in [-0.39, 0.29) is 0 Å². The van der Waals surface area contributed by atoms with Gasteiger partial charge in [-0.25, -0.2) is 0 Å². The summed E-state index contributed by atoms with van der Waals surface area (Å²) in [5.74, 6) is 0.268. The highest BCUT2D eigenvalue weighted by atomic mass is 16.4. The molecule has 3 nitrogen and oxygen atoms in total. The molecule has 3 heteroatoms. The van der Waals surface area contributed by atoms with Crippen molar-refractivity contribution in [3.05, 3.63) is 0 Å². The average Bonchev–Trinajstić information content (AvgIpc) is 3.14. The van der Waals surface area contributed by atoms with Crippen LogP contribution in [-0.4, -0.2) is 34.6 Å². The molecule has 0 bridgehead atoms. The molecule has 2 aliphatic rings. The normalized spacial score (nSPS) is 29.5. The fourth-order valence-corrected chi connectivity index (χ4v) is 3.18. The number of hydrogen-bond donors (Lipinski definition) is 1. The quantitative estimate of drug-likeness (QED) is 0.774. The van der Waals surface area contributed by atoms with Crippen molar-refractivity contribution in [2.45, 2.75) is 70.4 Å². The van der Waals surface area contributed by atoms with Crippen molar-refractivity contribution in [2.75, 3.05) is 6.54 Å². The molecule has 17 heavy (non-hydrogen) atoms. The Morgan fingerprint density at radius 1 is 1.12 bits per heavy atom. The SMILES string of the molecule is CCC1CCC(N(CCC(=O)O)C2CC2)CC1. The molecule has 0 aliphatic heterocycles. The van der Waals surface area contributed by atoms with E-state index in [0.717, 1.165) is 12.5 Å². The third-order valence-corrected chi connectivity index (χ3v) is 4.46. The average molecular weight is 239 g/mol. The topological polar surface area (TPSA) is 40.5 Å². The van der Waals surface area contributed by atoms with E-state index < -0.39 is 5.97 Å². The molecule has 2 rings (SSSR count). The first-order chi connectivity index (χ1) is 8.20. The van der Waals surface area contributed by atoms with Crippen LogP contribution in [0.1, 0.15) is 58.3 Å². The zero-order valence-corrected chi connectivity index (χ0v) is 10.9. The van der Waals surface area contributed by atoms with Crippen LogP contribution >= 0.6 is 0 Å². The number of nitrogens with zero attached hydrogens (tertiary/aromatic N) is 1. The van der Waals surface area contributed by atoms with Crippen LogP contribution in [0.4, 0.5) is 0 Å². The molecule has 0 aromatic carbocycles. The molecule has 98 valence electrons. The smallest absolute Gasteiger partial charge is 0.304 e. The zero-order chi connectivity index (χ0) is 12.3. The first kappa shape index (κ1) is 12.9. The molecule has 0 heterocycles. The molecule has 2 aliphatic carbocycles. The minimum absolute atomic E-state index is 0.310. The molecule has 0 radical (unpaired) electrons. The monoisotopic (exact) mass is 239 g/mol. The van der Waals surface area contributed by atoms with Gasteiger partial charge in [-0.2, -0.15) is 0 Å². The van der Waals surface area contributed by atoms with Crippen molar-refractivity contribution in [3.63, 3.8) is 0 Å². The first-order valence-corrected chi connectivity index (χ1v) is 7.18. The predicted molar refractivity (Wildman–Crippen MR) is 68.0 cm³/mol. The Morgan fingerprint density at radius 3 is 2.06 bits per heavy atom. The molecule has 0 amide bonds. The maximum atomic E-state index is 10.7. The number of rotatable bonds is 6. The van der Waals surface area contributed by atoms with E-state index in [9.17, 15) is 4.79 Å². The van der Waals surface area contributed by atoms with E-state index in [1.165, 1.54) is 44.9 Å². The largest absolute Gasteiger partial charge is 0.481 e. The molecule has 0 saturated heterocycles. The van der Waals surface area contributed by atoms with Crippen LogP contribution in [0.15, 0.2) is 0 Å². The number of carboxylic acid groups (broad SMARTS) is 1. The lowest BCUT2D eigenvalue weighted by Crippen LogP contribution is -2.40. The van der Waals surface area contributed by atoms with Crippen LogP contribution in [0.3, 0.4) is 0 Å². The Morgan fingerprint density at radius 2 is 1.65 bits per heavy atom. The van der Waals surface area contributed by atoms with Crippen molar-refractivity contribution < 1.29 is 9.90 Å². The summed E-state index contributed by atoms with van der Waals surface area (Å²) < 4.78 is 0. The second-order valence-corrected chi connectivity index (χ2v) is 5.70. The van der Waals surface area contributed by atoms with Gasteiger partial charge >= 0.3 is 5.97 Å². The van der Waals surface area contributed by atoms with E-state index in [4.69, 9.17) is 5.11 Å². The third-order valence-electron chi connectivity index (χ3n) is 4.46. The molecule has 0 spiro atoms. The Bertz CT molecular complexity index is 255. The van der Waals surface area contributed by atoms with E-state index in [1.54, 1.807) is 0 Å². The number of hydrogen-bond acceptors (Lipinski definition) is 2. The fourth-order valence-electron chi connectivity index (χ4n) is 3.18. The minimum Gasteiger partial charge on any atom is -0.481 e. The van der Waals surface area contributed by atoms with E-state index in [2.05, 4.69) is 11.8 Å². The van der Waals surface area contributed by atoms with Crippen LogP contribution in [0.25, 0.3) is 0 Å². The van der Waals surface area contributed by atoms with Gasteiger partial charge in [-0.3, -0.25) is 9.69 Å². The maximum Gasteiger partial charge on any atom is 0.304 e. The van der Waals surface area contributed by atoms with Gasteiger partial charge in [0.15, 0.2) is 0 Å². The van der Waals surface area contributed by atoms with Gasteiger partial charge in [-0.1, -0.05) is 13.3 Å². The van der Waals surface area contributed by atoms with Crippen LogP contribution in [0.5, 0.6) is 0 Å². The lowest BCUT2D eigenvalue weighted by molar-refractivity contribution is -0.137. The lowest BCUT2D eigenvalue weighted by Gasteiger charge is -2.36. The van der Waals surface area contributed by atoms with Gasteiger partial charge in [0.05, 0.1) is 6.42 Å². The van der Waals surface area contributed by atoms with Gasteiger partial charge in [-0.05, 0) is 44.4 Å². The zero-order valence-electron chi connectivity index (χ0n) is 10.9. The number of carboxylic acids is 1. The molecule has 0 aromatic rings. The summed E-state index contributed by atoms with van der Waals surface area (Å²) in [5, 5.41) is 8.82. The lowest BCUT2D eigenvalue weighted by atomic mass is 9.84. The van der Waals surface area contributed by atoms with Crippen LogP contribution in [0.2, 0.25) is 0 Å². The van der Waals surface area contributed by atoms with Crippen LogP contribution in [-0.2, 0) is 4.79 Å². The Hall–Kier alpha value is -0.570. The van der Waals surface area contributed by atoms with Gasteiger partial charge < -0.3 is 5.11 Å². The van der Waals surface area contributed by atoms with Crippen molar-refractivity contribution in [1.29, 1.82) is 0 Å². The van der Waals surface area contributed by atoms with Crippen molar-refractivity contribution in [1.82, 2.24) is 4.90 Å². The summed E-state index contributed by atoms with van der Waals surface area (Å²) in [6.45, 7) is 3.05. The Kier molecular flexibility index (Phi) is 4.43. The highest BCUT2D eigenvalue weighted by molar-refractivity contribution is 5.66. The van der Waals surface area contributed by atoms with Gasteiger partial charge in [0.2, 0.25) is 0 Å². The summed E-state index contributed by atoms with van der Waals surface area (Å²) in [6, 6.07) is 1.38. The summed E-state index contributed by atoms with van der Waals surface area (Å²) in [4.78, 5) is 13.2. The number of aliphatic carboxylic acids is 1. The van der Waals surface area contributed by atoms with Crippen LogP contribution in [0, 0.1) is 5.92 Å². The van der Waals surface area contributed by atoms with Crippen molar-refractivity contribution >= 4 is 5.97 Å².